The third kappa shape index (κ3) is 11.2. The Hall–Kier alpha value is -5.20. The lowest BCUT2D eigenvalue weighted by Crippen LogP contribution is -2.56. The van der Waals surface area contributed by atoms with Crippen LogP contribution in [0.4, 0.5) is 18.4 Å². The molecule has 4 heterocycles. The number of likely N-dealkylation sites (tertiary alicyclic amines) is 2. The maximum absolute atomic E-state index is 13.5. The molecule has 2 spiro atoms. The van der Waals surface area contributed by atoms with Gasteiger partial charge in [0.25, 0.3) is 0 Å². The van der Waals surface area contributed by atoms with E-state index < -0.39 is 5.60 Å². The van der Waals surface area contributed by atoms with Crippen LogP contribution < -0.4 is 14.8 Å². The first kappa shape index (κ1) is 45.4. The van der Waals surface area contributed by atoms with E-state index in [4.69, 9.17) is 14.2 Å². The van der Waals surface area contributed by atoms with E-state index in [0.717, 1.165) is 92.2 Å². The zero-order chi connectivity index (χ0) is 44.8. The normalized spacial score (nSPS) is 21.8. The molecular weight excluding hydrogens is 813 g/mol. The van der Waals surface area contributed by atoms with Gasteiger partial charge in [-0.15, -0.1) is 0 Å². The van der Waals surface area contributed by atoms with Gasteiger partial charge >= 0.3 is 12.1 Å². The predicted molar refractivity (Wildman–Crippen MR) is 244 cm³/mol. The largest absolute Gasteiger partial charge is 0.493 e. The number of carbonyl (C=O) groups is 2. The van der Waals surface area contributed by atoms with Crippen molar-refractivity contribution in [1.29, 1.82) is 0 Å². The van der Waals surface area contributed by atoms with Crippen LogP contribution in [-0.2, 0) is 30.7 Å². The van der Waals surface area contributed by atoms with E-state index in [9.17, 15) is 18.4 Å². The summed E-state index contributed by atoms with van der Waals surface area (Å²) in [7, 11) is 4.22. The molecule has 2 atom stereocenters. The molecule has 0 aromatic heterocycles. The number of urea groups is 1. The molecule has 64 heavy (non-hydrogen) atoms. The molecular formula is C52H65F2N5O5. The lowest BCUT2D eigenvalue weighted by Gasteiger charge is -2.42. The number of hydrogen-bond donors (Lipinski definition) is 1. The number of piperidine rings is 2. The Bertz CT molecular complexity index is 2000. The number of amides is 3. The summed E-state index contributed by atoms with van der Waals surface area (Å²) in [6, 6.07) is 29.3. The highest BCUT2D eigenvalue weighted by Gasteiger charge is 2.55. The number of nitrogens with zero attached hydrogens (tertiary/aromatic N) is 4. The molecule has 1 saturated carbocycles. The van der Waals surface area contributed by atoms with Gasteiger partial charge in [-0.05, 0) is 135 Å². The minimum absolute atomic E-state index is 0.0122. The predicted octanol–water partition coefficient (Wildman–Crippen LogP) is 9.10. The van der Waals surface area contributed by atoms with Gasteiger partial charge in [0, 0.05) is 52.1 Å². The van der Waals surface area contributed by atoms with E-state index in [2.05, 4.69) is 43.1 Å². The Kier molecular flexibility index (Phi) is 14.1. The monoisotopic (exact) mass is 877 g/mol. The molecule has 3 amide bonds. The molecule has 0 radical (unpaired) electrons. The molecule has 1 aliphatic carbocycles. The number of ether oxygens (including phenoxy) is 3. The fraction of sp³-hybridized carbons (Fsp3) is 0.500. The Balaban J connectivity index is 0.000000175. The zero-order valence-corrected chi connectivity index (χ0v) is 37.9. The van der Waals surface area contributed by atoms with Crippen molar-refractivity contribution in [1.82, 2.24) is 24.9 Å². The third-order valence-electron chi connectivity index (χ3n) is 13.9. The minimum atomic E-state index is -0.495. The van der Waals surface area contributed by atoms with Crippen molar-refractivity contribution in [2.45, 2.75) is 102 Å². The van der Waals surface area contributed by atoms with E-state index in [1.165, 1.54) is 37.1 Å². The van der Waals surface area contributed by atoms with Crippen LogP contribution in [-0.4, -0.2) is 108 Å². The van der Waals surface area contributed by atoms with E-state index in [-0.39, 0.29) is 41.4 Å². The third-order valence-corrected chi connectivity index (χ3v) is 13.9. The summed E-state index contributed by atoms with van der Waals surface area (Å²) in [6.45, 7) is 10.5. The van der Waals surface area contributed by atoms with Crippen molar-refractivity contribution in [3.05, 3.63) is 131 Å². The Morgan fingerprint density at radius 2 is 1.11 bits per heavy atom. The molecule has 4 saturated heterocycles. The summed E-state index contributed by atoms with van der Waals surface area (Å²) in [5.74, 6) is 2.43. The smallest absolute Gasteiger partial charge is 0.411 e. The Labute approximate surface area is 377 Å². The molecule has 5 fully saturated rings. The second-order valence-electron chi connectivity index (χ2n) is 19.3. The van der Waals surface area contributed by atoms with Crippen LogP contribution in [0, 0.1) is 23.5 Å². The van der Waals surface area contributed by atoms with E-state index in [1.54, 1.807) is 0 Å². The van der Waals surface area contributed by atoms with E-state index in [0.29, 0.717) is 44.4 Å². The van der Waals surface area contributed by atoms with Crippen molar-refractivity contribution in [3.63, 3.8) is 0 Å². The average Bonchev–Trinajstić information content (AvgIpc) is 4.05. The molecule has 4 aliphatic heterocycles. The average molecular weight is 878 g/mol. The number of nitrogens with one attached hydrogen (secondary N) is 1. The molecule has 342 valence electrons. The topological polar surface area (TPSA) is 86.8 Å². The van der Waals surface area contributed by atoms with Crippen LogP contribution in [0.15, 0.2) is 97.1 Å². The quantitative estimate of drug-likeness (QED) is 0.135. The molecule has 4 aromatic rings. The summed E-state index contributed by atoms with van der Waals surface area (Å²) in [5, 5.41) is 3.35. The second-order valence-corrected chi connectivity index (χ2v) is 19.3. The van der Waals surface area contributed by atoms with Gasteiger partial charge in [0.15, 0.2) is 0 Å². The second kappa shape index (κ2) is 19.9. The first-order valence-corrected chi connectivity index (χ1v) is 23.2. The maximum atomic E-state index is 13.5. The summed E-state index contributed by atoms with van der Waals surface area (Å²) < 4.78 is 44.6. The SMILES string of the molecule is CC(C)COc1ccc(CN2C(=O)NC3(CCN(C)CC3)C2Cc2ccc(F)cc2)cc1.CN1CCC2(CC1)OC(=O)N(Cc1ccc(OCC3CC3)cc1)C2Cc1ccc(F)cc1. The van der Waals surface area contributed by atoms with Gasteiger partial charge in [-0.25, -0.2) is 18.4 Å². The van der Waals surface area contributed by atoms with Crippen molar-refractivity contribution in [2.24, 2.45) is 11.8 Å². The fourth-order valence-electron chi connectivity index (χ4n) is 9.61. The van der Waals surface area contributed by atoms with E-state index >= 15 is 0 Å². The van der Waals surface area contributed by atoms with Crippen LogP contribution in [0.3, 0.4) is 0 Å². The van der Waals surface area contributed by atoms with Crippen molar-refractivity contribution < 1.29 is 32.6 Å². The maximum Gasteiger partial charge on any atom is 0.411 e. The fourth-order valence-corrected chi connectivity index (χ4v) is 9.61. The highest BCUT2D eigenvalue weighted by Crippen LogP contribution is 2.41. The molecule has 12 heteroatoms. The van der Waals surface area contributed by atoms with Gasteiger partial charge in [-0.3, -0.25) is 4.90 Å². The summed E-state index contributed by atoms with van der Waals surface area (Å²) in [4.78, 5) is 34.6. The molecule has 4 aromatic carbocycles. The summed E-state index contributed by atoms with van der Waals surface area (Å²) in [5.41, 5.74) is 3.44. The van der Waals surface area contributed by atoms with Crippen molar-refractivity contribution in [3.8, 4) is 11.5 Å². The summed E-state index contributed by atoms with van der Waals surface area (Å²) >= 11 is 0. The van der Waals surface area contributed by atoms with Crippen molar-refractivity contribution in [2.75, 3.05) is 53.5 Å². The van der Waals surface area contributed by atoms with Gasteiger partial charge < -0.3 is 34.2 Å². The van der Waals surface area contributed by atoms with Crippen LogP contribution >= 0.6 is 0 Å². The first-order valence-electron chi connectivity index (χ1n) is 23.2. The lowest BCUT2D eigenvalue weighted by atomic mass is 9.79. The number of halogens is 2. The van der Waals surface area contributed by atoms with Gasteiger partial charge in [-0.2, -0.15) is 0 Å². The molecule has 2 unspecified atom stereocenters. The highest BCUT2D eigenvalue weighted by atomic mass is 19.1. The van der Waals surface area contributed by atoms with Crippen LogP contribution in [0.2, 0.25) is 0 Å². The molecule has 0 bridgehead atoms. The standard InChI is InChI=1S/C26H34FN3O2.C26H31FN2O3/c1-19(2)18-32-23-10-6-21(7-11-23)17-30-24(16-20-4-8-22(27)9-5-20)26(28-25(30)31)12-14-29(3)15-13-26;1-28-14-12-26(13-15-28)24(16-19-4-8-22(27)9-5-19)29(25(30)32-26)17-20-6-10-23(11-7-20)31-18-21-2-3-21/h4-11,19,24H,12-18H2,1-3H3,(H,28,31);4-11,21,24H,2-3,12-18H2,1H3. The van der Waals surface area contributed by atoms with Crippen LogP contribution in [0.1, 0.15) is 74.6 Å². The van der Waals surface area contributed by atoms with Crippen molar-refractivity contribution >= 4 is 12.1 Å². The van der Waals surface area contributed by atoms with Crippen LogP contribution in [0.5, 0.6) is 11.5 Å². The zero-order valence-electron chi connectivity index (χ0n) is 37.9. The summed E-state index contributed by atoms with van der Waals surface area (Å²) in [6.07, 6.45) is 7.09. The number of rotatable bonds is 14. The Morgan fingerprint density at radius 3 is 1.62 bits per heavy atom. The highest BCUT2D eigenvalue weighted by molar-refractivity contribution is 5.79. The molecule has 5 aliphatic rings. The number of carbonyl (C=O) groups excluding carboxylic acids is 2. The van der Waals surface area contributed by atoms with Gasteiger partial charge in [0.1, 0.15) is 28.7 Å². The van der Waals surface area contributed by atoms with Gasteiger partial charge in [-0.1, -0.05) is 62.4 Å². The molecule has 10 nitrogen and oxygen atoms in total. The first-order chi connectivity index (χ1) is 30.8. The lowest BCUT2D eigenvalue weighted by molar-refractivity contribution is -0.0165. The van der Waals surface area contributed by atoms with Gasteiger partial charge in [0.05, 0.1) is 30.8 Å². The minimum Gasteiger partial charge on any atom is -0.493 e. The van der Waals surface area contributed by atoms with Crippen LogP contribution in [0.25, 0.3) is 0 Å². The van der Waals surface area contributed by atoms with E-state index in [1.807, 2.05) is 82.6 Å². The Morgan fingerprint density at radius 1 is 0.641 bits per heavy atom. The number of benzene rings is 4. The molecule has 1 N–H and O–H groups in total. The molecule has 9 rings (SSSR count). The number of hydrogen-bond acceptors (Lipinski definition) is 7. The van der Waals surface area contributed by atoms with Gasteiger partial charge in [0.2, 0.25) is 0 Å².